The summed E-state index contributed by atoms with van der Waals surface area (Å²) < 4.78 is 0. The van der Waals surface area contributed by atoms with Crippen LogP contribution in [0.2, 0.25) is 0 Å². The van der Waals surface area contributed by atoms with Gasteiger partial charge in [-0.05, 0) is 55.8 Å². The zero-order valence-corrected chi connectivity index (χ0v) is 17.8. The lowest BCUT2D eigenvalue weighted by Crippen LogP contribution is -2.64. The van der Waals surface area contributed by atoms with Crippen LogP contribution >= 0.6 is 0 Å². The molecule has 0 aromatic carbocycles. The van der Waals surface area contributed by atoms with Crippen molar-refractivity contribution >= 4 is 5.91 Å². The summed E-state index contributed by atoms with van der Waals surface area (Å²) in [6.07, 6.45) is 10.7. The second-order valence-electron chi connectivity index (χ2n) is 9.95. The molecular weight excluding hydrogens is 362 g/mol. The number of amides is 1. The van der Waals surface area contributed by atoms with Crippen molar-refractivity contribution in [2.45, 2.75) is 57.9 Å². The molecule has 0 spiro atoms. The minimum Gasteiger partial charge on any atom is -0.340 e. The van der Waals surface area contributed by atoms with Crippen LogP contribution in [-0.2, 0) is 4.79 Å². The van der Waals surface area contributed by atoms with Gasteiger partial charge in [-0.25, -0.2) is 0 Å². The summed E-state index contributed by atoms with van der Waals surface area (Å²) in [7, 11) is 0. The van der Waals surface area contributed by atoms with Crippen LogP contribution in [0, 0.1) is 52.4 Å². The first-order valence-electron chi connectivity index (χ1n) is 11.7. The van der Waals surface area contributed by atoms with E-state index in [0.717, 1.165) is 57.4 Å². The van der Waals surface area contributed by atoms with Crippen LogP contribution in [0.25, 0.3) is 0 Å². The third-order valence-corrected chi connectivity index (χ3v) is 8.29. The molecule has 4 rings (SSSR count). The van der Waals surface area contributed by atoms with Crippen LogP contribution < -0.4 is 0 Å². The Morgan fingerprint density at radius 1 is 1.00 bits per heavy atom. The molecule has 2 aliphatic heterocycles. The molecule has 6 nitrogen and oxygen atoms in total. The van der Waals surface area contributed by atoms with Gasteiger partial charge in [0.1, 0.15) is 6.04 Å². The summed E-state index contributed by atoms with van der Waals surface area (Å²) in [6.45, 7) is 7.16. The monoisotopic (exact) mass is 397 g/mol. The van der Waals surface area contributed by atoms with Gasteiger partial charge in [0.2, 0.25) is 5.91 Å². The van der Waals surface area contributed by atoms with Crippen LogP contribution in [0.5, 0.6) is 0 Å². The van der Waals surface area contributed by atoms with E-state index >= 15 is 0 Å². The van der Waals surface area contributed by atoms with Crippen molar-refractivity contribution in [3.05, 3.63) is 0 Å². The predicted molar refractivity (Wildman–Crippen MR) is 110 cm³/mol. The molecule has 29 heavy (non-hydrogen) atoms. The first kappa shape index (κ1) is 20.5. The fraction of sp³-hybridized carbons (Fsp3) is 0.870. The summed E-state index contributed by atoms with van der Waals surface area (Å²) in [6, 6.07) is 2.38. The Bertz CT molecular complexity index is 682. The third-order valence-electron chi connectivity index (χ3n) is 8.29. The maximum Gasteiger partial charge on any atom is 0.241 e. The van der Waals surface area contributed by atoms with Crippen molar-refractivity contribution in [3.63, 3.8) is 0 Å². The van der Waals surface area contributed by atoms with Gasteiger partial charge in [0.25, 0.3) is 0 Å². The Balaban J connectivity index is 1.31. The van der Waals surface area contributed by atoms with E-state index in [9.17, 15) is 15.3 Å². The van der Waals surface area contributed by atoms with Crippen molar-refractivity contribution in [1.29, 1.82) is 10.5 Å². The largest absolute Gasteiger partial charge is 0.340 e. The molecule has 0 aromatic rings. The number of carbonyl (C=O) groups is 1. The number of piperazine rings is 2. The molecule has 158 valence electrons. The number of nitriles is 2. The van der Waals surface area contributed by atoms with E-state index < -0.39 is 0 Å². The van der Waals surface area contributed by atoms with Gasteiger partial charge in [-0.15, -0.1) is 0 Å². The summed E-state index contributed by atoms with van der Waals surface area (Å²) in [5.74, 6) is 3.25. The van der Waals surface area contributed by atoms with E-state index in [1.165, 1.54) is 32.1 Å². The molecule has 2 saturated heterocycles. The Hall–Kier alpha value is -1.79. The second-order valence-corrected chi connectivity index (χ2v) is 9.95. The van der Waals surface area contributed by atoms with Gasteiger partial charge in [-0.1, -0.05) is 19.8 Å². The van der Waals surface area contributed by atoms with Gasteiger partial charge in [0.05, 0.1) is 12.6 Å². The quantitative estimate of drug-likeness (QED) is 0.685. The SMILES string of the molecule is CC1CC(C2CCCC(C#N)C2)CCC1CN1CCN2CCN(C#N)C[C@@H]2C1=O. The van der Waals surface area contributed by atoms with Gasteiger partial charge in [-0.3, -0.25) is 9.69 Å². The first-order valence-corrected chi connectivity index (χ1v) is 11.7. The van der Waals surface area contributed by atoms with Crippen LogP contribution in [0.3, 0.4) is 0 Å². The summed E-state index contributed by atoms with van der Waals surface area (Å²) in [5, 5.41) is 18.5. The summed E-state index contributed by atoms with van der Waals surface area (Å²) in [5.41, 5.74) is 0. The van der Waals surface area contributed by atoms with Gasteiger partial charge in [-0.2, -0.15) is 10.5 Å². The Morgan fingerprint density at radius 2 is 1.79 bits per heavy atom. The second kappa shape index (κ2) is 8.92. The van der Waals surface area contributed by atoms with Gasteiger partial charge >= 0.3 is 0 Å². The maximum atomic E-state index is 13.1. The van der Waals surface area contributed by atoms with E-state index in [0.29, 0.717) is 18.4 Å². The average molecular weight is 398 g/mol. The minimum absolute atomic E-state index is 0.131. The van der Waals surface area contributed by atoms with E-state index in [4.69, 9.17) is 0 Å². The molecule has 4 fully saturated rings. The topological polar surface area (TPSA) is 74.4 Å². The van der Waals surface area contributed by atoms with Crippen molar-refractivity contribution in [2.24, 2.45) is 29.6 Å². The van der Waals surface area contributed by atoms with E-state index in [2.05, 4.69) is 29.0 Å². The lowest BCUT2D eigenvalue weighted by Gasteiger charge is -2.47. The fourth-order valence-corrected chi connectivity index (χ4v) is 6.42. The van der Waals surface area contributed by atoms with Crippen molar-refractivity contribution < 1.29 is 4.79 Å². The van der Waals surface area contributed by atoms with Gasteiger partial charge < -0.3 is 9.80 Å². The van der Waals surface area contributed by atoms with Crippen LogP contribution in [0.1, 0.15) is 51.9 Å². The van der Waals surface area contributed by atoms with Crippen molar-refractivity contribution in [1.82, 2.24) is 14.7 Å². The third kappa shape index (κ3) is 4.38. The van der Waals surface area contributed by atoms with Crippen LogP contribution in [0.4, 0.5) is 0 Å². The molecule has 2 heterocycles. The standard InChI is InChI=1S/C23H35N5O/c1-17-11-20(19-4-2-3-18(12-19)13-24)5-6-21(17)14-28-10-9-27-8-7-26(16-25)15-22(27)23(28)29/h17-22H,2-12,14-15H2,1H3/t17?,18?,19?,20?,21?,22-/m1/s1. The van der Waals surface area contributed by atoms with Gasteiger partial charge in [0, 0.05) is 38.6 Å². The maximum absolute atomic E-state index is 13.1. The molecule has 4 aliphatic rings. The number of hydrogen-bond acceptors (Lipinski definition) is 5. The molecule has 0 N–H and O–H groups in total. The molecule has 0 aromatic heterocycles. The van der Waals surface area contributed by atoms with E-state index in [-0.39, 0.29) is 17.9 Å². The van der Waals surface area contributed by atoms with E-state index in [1.807, 2.05) is 0 Å². The number of fused-ring (bicyclic) bond motifs is 1. The smallest absolute Gasteiger partial charge is 0.241 e. The molecule has 6 atom stereocenters. The summed E-state index contributed by atoms with van der Waals surface area (Å²) >= 11 is 0. The molecule has 6 heteroatoms. The highest BCUT2D eigenvalue weighted by Crippen LogP contribution is 2.43. The van der Waals surface area contributed by atoms with E-state index in [1.54, 1.807) is 4.90 Å². The molecule has 5 unspecified atom stereocenters. The Morgan fingerprint density at radius 3 is 2.55 bits per heavy atom. The summed E-state index contributed by atoms with van der Waals surface area (Å²) in [4.78, 5) is 19.2. The highest BCUT2D eigenvalue weighted by atomic mass is 16.2. The number of hydrogen-bond donors (Lipinski definition) is 0. The Kier molecular flexibility index (Phi) is 6.30. The lowest BCUT2D eigenvalue weighted by atomic mass is 9.66. The first-order chi connectivity index (χ1) is 14.1. The zero-order chi connectivity index (χ0) is 20.4. The number of carbonyl (C=O) groups excluding carboxylic acids is 1. The normalized spacial score (nSPS) is 38.8. The molecule has 0 bridgehead atoms. The molecule has 1 amide bonds. The average Bonchev–Trinajstić information content (AvgIpc) is 2.76. The molecule has 0 radical (unpaired) electrons. The highest BCUT2D eigenvalue weighted by Gasteiger charge is 2.41. The Labute approximate surface area is 175 Å². The van der Waals surface area contributed by atoms with Crippen molar-refractivity contribution in [3.8, 4) is 12.3 Å². The number of rotatable bonds is 3. The molecular formula is C23H35N5O. The predicted octanol–water partition coefficient (Wildman–Crippen LogP) is 2.68. The zero-order valence-electron chi connectivity index (χ0n) is 17.8. The number of nitrogens with zero attached hydrogens (tertiary/aromatic N) is 5. The van der Waals surface area contributed by atoms with Crippen molar-refractivity contribution in [2.75, 3.05) is 39.3 Å². The lowest BCUT2D eigenvalue weighted by molar-refractivity contribution is -0.145. The van der Waals surface area contributed by atoms with Crippen LogP contribution in [0.15, 0.2) is 0 Å². The van der Waals surface area contributed by atoms with Crippen LogP contribution in [-0.4, -0.2) is 65.9 Å². The highest BCUT2D eigenvalue weighted by molar-refractivity contribution is 5.83. The van der Waals surface area contributed by atoms with Gasteiger partial charge in [0.15, 0.2) is 6.19 Å². The molecule has 2 saturated carbocycles. The minimum atomic E-state index is -0.131. The molecule has 2 aliphatic carbocycles. The fourth-order valence-electron chi connectivity index (χ4n) is 6.42.